The van der Waals surface area contributed by atoms with Gasteiger partial charge in [-0.1, -0.05) is 38.5 Å². The van der Waals surface area contributed by atoms with Crippen molar-refractivity contribution < 1.29 is 34.8 Å². The quantitative estimate of drug-likeness (QED) is 0.334. The molecule has 0 spiro atoms. The normalized spacial score (nSPS) is 45.1. The van der Waals surface area contributed by atoms with E-state index in [0.717, 1.165) is 5.57 Å². The van der Waals surface area contributed by atoms with E-state index in [1.54, 1.807) is 0 Å². The van der Waals surface area contributed by atoms with Crippen molar-refractivity contribution in [3.05, 3.63) is 23.8 Å². The number of allylic oxidation sites excluding steroid dienone is 2. The molecule has 0 aromatic carbocycles. The second-order valence-electron chi connectivity index (χ2n) is 14.2. The van der Waals surface area contributed by atoms with Crippen LogP contribution in [-0.4, -0.2) is 61.2 Å². The van der Waals surface area contributed by atoms with Crippen molar-refractivity contribution in [2.75, 3.05) is 0 Å². The summed E-state index contributed by atoms with van der Waals surface area (Å²) in [6.07, 6.45) is 3.54. The number of aliphatic hydroxyl groups is 4. The highest BCUT2D eigenvalue weighted by atomic mass is 16.3. The van der Waals surface area contributed by atoms with E-state index in [4.69, 9.17) is 0 Å². The zero-order chi connectivity index (χ0) is 28.1. The second-order valence-corrected chi connectivity index (χ2v) is 14.2. The third-order valence-corrected chi connectivity index (χ3v) is 11.1. The van der Waals surface area contributed by atoms with Crippen molar-refractivity contribution in [2.24, 2.45) is 39.4 Å². The summed E-state index contributed by atoms with van der Waals surface area (Å²) in [6, 6.07) is 0. The first-order valence-electron chi connectivity index (χ1n) is 13.5. The SMILES string of the molecule is CC(C)(O)C=CC(=O)[C@](C)(O)C1C(O)C[C@@]2(C)C3CC=C4C(CC(O)C(=O)C4(C)C)[C@]3(C)C(=O)C[C@]12C. The summed E-state index contributed by atoms with van der Waals surface area (Å²) in [5, 5.41) is 43.7. The van der Waals surface area contributed by atoms with Gasteiger partial charge in [0.1, 0.15) is 17.5 Å². The Morgan fingerprint density at radius 1 is 1.03 bits per heavy atom. The smallest absolute Gasteiger partial charge is 0.187 e. The van der Waals surface area contributed by atoms with Gasteiger partial charge in [0.15, 0.2) is 11.6 Å². The first-order chi connectivity index (χ1) is 16.7. The van der Waals surface area contributed by atoms with Crippen molar-refractivity contribution in [3.8, 4) is 0 Å². The number of ketones is 3. The lowest BCUT2D eigenvalue weighted by atomic mass is 9.38. The number of carbonyl (C=O) groups excluding carboxylic acids is 3. The average molecular weight is 517 g/mol. The maximum absolute atomic E-state index is 14.2. The Kier molecular flexibility index (Phi) is 6.26. The van der Waals surface area contributed by atoms with E-state index in [2.05, 4.69) is 13.0 Å². The largest absolute Gasteiger partial charge is 0.393 e. The predicted octanol–water partition coefficient (Wildman–Crippen LogP) is 2.93. The van der Waals surface area contributed by atoms with Crippen LogP contribution in [0.15, 0.2) is 23.8 Å². The van der Waals surface area contributed by atoms with Gasteiger partial charge in [0, 0.05) is 23.2 Å². The molecular formula is C30H44O7. The minimum absolute atomic E-state index is 0.0141. The molecule has 0 saturated heterocycles. The van der Waals surface area contributed by atoms with E-state index in [-0.39, 0.29) is 36.2 Å². The van der Waals surface area contributed by atoms with E-state index in [1.165, 1.54) is 32.9 Å². The molecule has 3 saturated carbocycles. The van der Waals surface area contributed by atoms with Crippen LogP contribution in [0.1, 0.15) is 81.1 Å². The monoisotopic (exact) mass is 516 g/mol. The van der Waals surface area contributed by atoms with E-state index in [1.807, 2.05) is 27.7 Å². The van der Waals surface area contributed by atoms with Crippen LogP contribution in [0.5, 0.6) is 0 Å². The fourth-order valence-electron chi connectivity index (χ4n) is 9.00. The van der Waals surface area contributed by atoms with Crippen LogP contribution in [0.3, 0.4) is 0 Å². The molecule has 206 valence electrons. The third kappa shape index (κ3) is 3.71. The first kappa shape index (κ1) is 28.3. The van der Waals surface area contributed by atoms with Crippen molar-refractivity contribution >= 4 is 17.3 Å². The number of Topliss-reactive ketones (excluding diaryl/α,β-unsaturated/α-hetero) is 2. The van der Waals surface area contributed by atoms with Crippen molar-refractivity contribution in [2.45, 2.75) is 104 Å². The molecule has 4 rings (SSSR count). The van der Waals surface area contributed by atoms with Gasteiger partial charge in [-0.05, 0) is 82.6 Å². The van der Waals surface area contributed by atoms with E-state index < -0.39 is 56.8 Å². The summed E-state index contributed by atoms with van der Waals surface area (Å²) in [7, 11) is 0. The number of carbonyl (C=O) groups is 3. The number of hydrogen-bond donors (Lipinski definition) is 4. The van der Waals surface area contributed by atoms with E-state index in [9.17, 15) is 34.8 Å². The van der Waals surface area contributed by atoms with Gasteiger partial charge >= 0.3 is 0 Å². The Morgan fingerprint density at radius 2 is 1.62 bits per heavy atom. The van der Waals surface area contributed by atoms with Gasteiger partial charge in [-0.25, -0.2) is 0 Å². The van der Waals surface area contributed by atoms with Crippen molar-refractivity contribution in [3.63, 3.8) is 0 Å². The minimum Gasteiger partial charge on any atom is -0.393 e. The lowest BCUT2D eigenvalue weighted by Crippen LogP contribution is -2.65. The molecule has 0 aliphatic heterocycles. The lowest BCUT2D eigenvalue weighted by Gasteiger charge is -2.64. The van der Waals surface area contributed by atoms with E-state index in [0.29, 0.717) is 12.8 Å². The summed E-state index contributed by atoms with van der Waals surface area (Å²) < 4.78 is 0. The highest BCUT2D eigenvalue weighted by Crippen LogP contribution is 2.74. The zero-order valence-corrected chi connectivity index (χ0v) is 23.5. The average Bonchev–Trinajstić information content (AvgIpc) is 2.96. The molecule has 9 atom stereocenters. The van der Waals surface area contributed by atoms with E-state index >= 15 is 0 Å². The molecule has 7 heteroatoms. The van der Waals surface area contributed by atoms with Gasteiger partial charge in [-0.15, -0.1) is 0 Å². The maximum atomic E-state index is 14.2. The highest BCUT2D eigenvalue weighted by molar-refractivity contribution is 5.98. The van der Waals surface area contributed by atoms with Gasteiger partial charge in [-0.2, -0.15) is 0 Å². The predicted molar refractivity (Wildman–Crippen MR) is 138 cm³/mol. The molecule has 7 nitrogen and oxygen atoms in total. The molecular weight excluding hydrogens is 472 g/mol. The van der Waals surface area contributed by atoms with Crippen LogP contribution in [-0.2, 0) is 14.4 Å². The van der Waals surface area contributed by atoms with Gasteiger partial charge < -0.3 is 20.4 Å². The molecule has 4 aliphatic carbocycles. The Labute approximate surface area is 220 Å². The molecule has 0 bridgehead atoms. The molecule has 3 fully saturated rings. The van der Waals surface area contributed by atoms with Crippen molar-refractivity contribution in [1.82, 2.24) is 0 Å². The van der Waals surface area contributed by atoms with Crippen LogP contribution in [0.25, 0.3) is 0 Å². The second kappa shape index (κ2) is 8.17. The zero-order valence-electron chi connectivity index (χ0n) is 23.5. The molecule has 0 aromatic heterocycles. The van der Waals surface area contributed by atoms with Gasteiger partial charge in [0.2, 0.25) is 0 Å². The Balaban J connectivity index is 1.80. The van der Waals surface area contributed by atoms with Crippen LogP contribution < -0.4 is 0 Å². The van der Waals surface area contributed by atoms with Crippen LogP contribution in [0, 0.1) is 39.4 Å². The van der Waals surface area contributed by atoms with Crippen LogP contribution >= 0.6 is 0 Å². The number of fused-ring (bicyclic) bond motifs is 5. The number of aliphatic hydroxyl groups excluding tert-OH is 2. The van der Waals surface area contributed by atoms with Crippen LogP contribution in [0.4, 0.5) is 0 Å². The Morgan fingerprint density at radius 3 is 2.19 bits per heavy atom. The summed E-state index contributed by atoms with van der Waals surface area (Å²) in [4.78, 5) is 40.2. The molecule has 0 aromatic rings. The Hall–Kier alpha value is -1.67. The minimum atomic E-state index is -1.95. The van der Waals surface area contributed by atoms with Gasteiger partial charge in [0.25, 0.3) is 0 Å². The molecule has 4 aliphatic rings. The standard InChI is InChI=1S/C30H44O7/c1-25(2,36)12-11-21(33)30(8,37)23-19(32)14-27(5)20-10-9-16-17(13-18(31)24(35)26(16,3)4)29(20,7)22(34)15-28(23,27)6/h9,11-12,17-20,23,31-32,36-37H,10,13-15H2,1-8H3/t17?,18?,19?,20?,23?,27-,28+,29-,30-/m0/s1. The van der Waals surface area contributed by atoms with Gasteiger partial charge in [0.05, 0.1) is 11.7 Å². The maximum Gasteiger partial charge on any atom is 0.187 e. The molecule has 0 heterocycles. The fraction of sp³-hybridized carbons (Fsp3) is 0.767. The van der Waals surface area contributed by atoms with Crippen LogP contribution in [0.2, 0.25) is 0 Å². The lowest BCUT2D eigenvalue weighted by molar-refractivity contribution is -0.183. The number of rotatable bonds is 4. The first-order valence-corrected chi connectivity index (χ1v) is 13.5. The Bertz CT molecular complexity index is 1090. The van der Waals surface area contributed by atoms with Gasteiger partial charge in [-0.3, -0.25) is 14.4 Å². The summed E-state index contributed by atoms with van der Waals surface area (Å²) in [6.45, 7) is 14.0. The topological polar surface area (TPSA) is 132 Å². The summed E-state index contributed by atoms with van der Waals surface area (Å²) in [5.41, 5.74) is -5.46. The summed E-state index contributed by atoms with van der Waals surface area (Å²) in [5.74, 6) is -2.24. The molecule has 5 unspecified atom stereocenters. The fourth-order valence-corrected chi connectivity index (χ4v) is 9.00. The third-order valence-electron chi connectivity index (χ3n) is 11.1. The molecule has 0 radical (unpaired) electrons. The molecule has 37 heavy (non-hydrogen) atoms. The molecule has 4 N–H and O–H groups in total. The van der Waals surface area contributed by atoms with Crippen molar-refractivity contribution in [1.29, 1.82) is 0 Å². The summed E-state index contributed by atoms with van der Waals surface area (Å²) >= 11 is 0. The molecule has 0 amide bonds. The number of hydrogen-bond acceptors (Lipinski definition) is 7. The highest BCUT2D eigenvalue weighted by Gasteiger charge is 2.74.